The lowest BCUT2D eigenvalue weighted by Gasteiger charge is -2.18. The summed E-state index contributed by atoms with van der Waals surface area (Å²) in [6, 6.07) is 14.5. The zero-order chi connectivity index (χ0) is 17.6. The Balaban J connectivity index is 1.46. The molecule has 1 atom stereocenters. The van der Waals surface area contributed by atoms with Crippen molar-refractivity contribution in [1.29, 1.82) is 0 Å². The van der Waals surface area contributed by atoms with E-state index in [1.807, 2.05) is 44.6 Å². The van der Waals surface area contributed by atoms with Gasteiger partial charge in [-0.1, -0.05) is 18.2 Å². The van der Waals surface area contributed by atoms with Crippen LogP contribution in [-0.4, -0.2) is 44.1 Å². The minimum absolute atomic E-state index is 0.128. The van der Waals surface area contributed by atoms with Crippen molar-refractivity contribution in [2.24, 2.45) is 0 Å². The lowest BCUT2D eigenvalue weighted by Crippen LogP contribution is -2.37. The van der Waals surface area contributed by atoms with Gasteiger partial charge in [0.15, 0.2) is 0 Å². The first-order chi connectivity index (χ1) is 12.1. The number of nitrogens with one attached hydrogen (secondary N) is 1. The number of aromatic nitrogens is 1. The van der Waals surface area contributed by atoms with Gasteiger partial charge in [-0.15, -0.1) is 0 Å². The molecule has 132 valence electrons. The molecule has 1 N–H and O–H groups in total. The maximum Gasteiger partial charge on any atom is 0.220 e. The zero-order valence-corrected chi connectivity index (χ0v) is 15.0. The van der Waals surface area contributed by atoms with E-state index in [2.05, 4.69) is 38.3 Å². The highest BCUT2D eigenvalue weighted by molar-refractivity contribution is 5.76. The summed E-state index contributed by atoms with van der Waals surface area (Å²) in [5, 5.41) is 3.17. The Morgan fingerprint density at radius 2 is 2.16 bits per heavy atom. The van der Waals surface area contributed by atoms with Gasteiger partial charge in [0, 0.05) is 51.5 Å². The molecule has 25 heavy (non-hydrogen) atoms. The second-order valence-electron chi connectivity index (χ2n) is 6.75. The van der Waals surface area contributed by atoms with Crippen molar-refractivity contribution in [3.63, 3.8) is 0 Å². The number of anilines is 2. The van der Waals surface area contributed by atoms with Crippen molar-refractivity contribution in [2.45, 2.75) is 25.3 Å². The normalized spacial score (nSPS) is 16.7. The highest BCUT2D eigenvalue weighted by atomic mass is 16.1. The van der Waals surface area contributed by atoms with E-state index in [1.165, 1.54) is 11.3 Å². The Morgan fingerprint density at radius 1 is 1.28 bits per heavy atom. The van der Waals surface area contributed by atoms with Crippen molar-refractivity contribution < 1.29 is 4.79 Å². The molecule has 2 heterocycles. The van der Waals surface area contributed by atoms with Gasteiger partial charge in [0.1, 0.15) is 5.82 Å². The number of hydrogen-bond donors (Lipinski definition) is 1. The molecule has 0 radical (unpaired) electrons. The van der Waals surface area contributed by atoms with Gasteiger partial charge < -0.3 is 15.1 Å². The molecular formula is C20H26N4O. The van der Waals surface area contributed by atoms with E-state index < -0.39 is 0 Å². The maximum absolute atomic E-state index is 12.3. The van der Waals surface area contributed by atoms with Gasteiger partial charge in [0.2, 0.25) is 5.91 Å². The summed E-state index contributed by atoms with van der Waals surface area (Å²) in [6.45, 7) is 1.77. The summed E-state index contributed by atoms with van der Waals surface area (Å²) in [7, 11) is 4.05. The number of benzene rings is 1. The first-order valence-electron chi connectivity index (χ1n) is 8.83. The Morgan fingerprint density at radius 3 is 2.92 bits per heavy atom. The van der Waals surface area contributed by atoms with Gasteiger partial charge in [-0.2, -0.15) is 0 Å². The highest BCUT2D eigenvalue weighted by Crippen LogP contribution is 2.18. The van der Waals surface area contributed by atoms with Crippen LogP contribution in [0.2, 0.25) is 0 Å². The van der Waals surface area contributed by atoms with E-state index in [-0.39, 0.29) is 11.9 Å². The Kier molecular flexibility index (Phi) is 5.53. The molecule has 1 aliphatic heterocycles. The standard InChI is InChI=1S/C20H26N4O/c1-23(2)18-7-5-6-16(14-18)9-10-20(25)22-17-11-13-24(15-17)19-8-3-4-12-21-19/h3-8,12,14,17H,9-11,13,15H2,1-2H3,(H,22,25)/t17-/m0/s1. The van der Waals surface area contributed by atoms with E-state index in [0.29, 0.717) is 6.42 Å². The van der Waals surface area contributed by atoms with Crippen molar-refractivity contribution >= 4 is 17.4 Å². The zero-order valence-electron chi connectivity index (χ0n) is 15.0. The molecule has 1 amide bonds. The predicted molar refractivity (Wildman–Crippen MR) is 102 cm³/mol. The molecule has 0 bridgehead atoms. The number of hydrogen-bond acceptors (Lipinski definition) is 4. The van der Waals surface area contributed by atoms with Crippen LogP contribution < -0.4 is 15.1 Å². The van der Waals surface area contributed by atoms with Crippen molar-refractivity contribution in [3.8, 4) is 0 Å². The quantitative estimate of drug-likeness (QED) is 0.879. The molecule has 1 aliphatic rings. The topological polar surface area (TPSA) is 48.5 Å². The fraction of sp³-hybridized carbons (Fsp3) is 0.400. The van der Waals surface area contributed by atoms with Gasteiger partial charge >= 0.3 is 0 Å². The van der Waals surface area contributed by atoms with Crippen molar-refractivity contribution in [2.75, 3.05) is 37.0 Å². The van der Waals surface area contributed by atoms with E-state index in [4.69, 9.17) is 0 Å². The summed E-state index contributed by atoms with van der Waals surface area (Å²) in [4.78, 5) is 21.0. The van der Waals surface area contributed by atoms with Crippen LogP contribution in [0, 0.1) is 0 Å². The van der Waals surface area contributed by atoms with Gasteiger partial charge in [0.25, 0.3) is 0 Å². The van der Waals surface area contributed by atoms with Crippen LogP contribution in [0.3, 0.4) is 0 Å². The van der Waals surface area contributed by atoms with Gasteiger partial charge in [0.05, 0.1) is 0 Å². The molecule has 0 aliphatic carbocycles. The molecule has 2 aromatic rings. The van der Waals surface area contributed by atoms with E-state index in [0.717, 1.165) is 31.7 Å². The summed E-state index contributed by atoms with van der Waals surface area (Å²) >= 11 is 0. The molecule has 0 spiro atoms. The molecule has 5 heteroatoms. The molecule has 1 aromatic carbocycles. The molecule has 1 aromatic heterocycles. The van der Waals surface area contributed by atoms with Crippen LogP contribution >= 0.6 is 0 Å². The number of carbonyl (C=O) groups is 1. The second-order valence-corrected chi connectivity index (χ2v) is 6.75. The van der Waals surface area contributed by atoms with E-state index in [1.54, 1.807) is 0 Å². The number of amides is 1. The van der Waals surface area contributed by atoms with Crippen LogP contribution in [0.1, 0.15) is 18.4 Å². The number of rotatable bonds is 6. The number of aryl methyl sites for hydroxylation is 1. The summed E-state index contributed by atoms with van der Waals surface area (Å²) < 4.78 is 0. The first-order valence-corrected chi connectivity index (χ1v) is 8.83. The smallest absolute Gasteiger partial charge is 0.220 e. The van der Waals surface area contributed by atoms with Crippen LogP contribution in [0.4, 0.5) is 11.5 Å². The van der Waals surface area contributed by atoms with Crippen LogP contribution in [-0.2, 0) is 11.2 Å². The average Bonchev–Trinajstić information content (AvgIpc) is 3.09. The van der Waals surface area contributed by atoms with Crippen LogP contribution in [0.5, 0.6) is 0 Å². The van der Waals surface area contributed by atoms with Gasteiger partial charge in [-0.05, 0) is 42.7 Å². The first kappa shape index (κ1) is 17.3. The molecule has 0 unspecified atom stereocenters. The molecule has 3 rings (SSSR count). The van der Waals surface area contributed by atoms with Gasteiger partial charge in [-0.25, -0.2) is 4.98 Å². The lowest BCUT2D eigenvalue weighted by molar-refractivity contribution is -0.121. The van der Waals surface area contributed by atoms with Crippen LogP contribution in [0.15, 0.2) is 48.7 Å². The number of pyridine rings is 1. The Labute approximate surface area is 149 Å². The summed E-state index contributed by atoms with van der Waals surface area (Å²) in [5.74, 6) is 1.11. The second kappa shape index (κ2) is 8.01. The van der Waals surface area contributed by atoms with Crippen molar-refractivity contribution in [1.82, 2.24) is 10.3 Å². The third-order valence-electron chi connectivity index (χ3n) is 4.59. The largest absolute Gasteiger partial charge is 0.378 e. The third-order valence-corrected chi connectivity index (χ3v) is 4.59. The fourth-order valence-electron chi connectivity index (χ4n) is 3.17. The lowest BCUT2D eigenvalue weighted by atomic mass is 10.1. The monoisotopic (exact) mass is 338 g/mol. The predicted octanol–water partition coefficient (Wildman–Crippen LogP) is 2.48. The SMILES string of the molecule is CN(C)c1cccc(CCC(=O)N[C@H]2CCN(c3ccccn3)C2)c1. The molecule has 0 saturated carbocycles. The summed E-state index contributed by atoms with van der Waals surface area (Å²) in [6.07, 6.45) is 4.07. The third kappa shape index (κ3) is 4.72. The fourth-order valence-corrected chi connectivity index (χ4v) is 3.17. The van der Waals surface area contributed by atoms with Crippen LogP contribution in [0.25, 0.3) is 0 Å². The Hall–Kier alpha value is -2.56. The van der Waals surface area contributed by atoms with E-state index in [9.17, 15) is 4.79 Å². The minimum Gasteiger partial charge on any atom is -0.378 e. The average molecular weight is 338 g/mol. The number of nitrogens with zero attached hydrogens (tertiary/aromatic N) is 3. The molecule has 1 fully saturated rings. The number of carbonyl (C=O) groups excluding carboxylic acids is 1. The van der Waals surface area contributed by atoms with Gasteiger partial charge in [-0.3, -0.25) is 4.79 Å². The van der Waals surface area contributed by atoms with Crippen molar-refractivity contribution in [3.05, 3.63) is 54.2 Å². The summed E-state index contributed by atoms with van der Waals surface area (Å²) in [5.41, 5.74) is 2.36. The maximum atomic E-state index is 12.3. The molecular weight excluding hydrogens is 312 g/mol. The Bertz CT molecular complexity index is 702. The molecule has 1 saturated heterocycles. The molecule has 5 nitrogen and oxygen atoms in total. The highest BCUT2D eigenvalue weighted by Gasteiger charge is 2.24. The minimum atomic E-state index is 0.128. The van der Waals surface area contributed by atoms with E-state index >= 15 is 0 Å².